The van der Waals surface area contributed by atoms with E-state index in [1.54, 1.807) is 0 Å². The highest BCUT2D eigenvalue weighted by atomic mass is 79.9. The highest BCUT2D eigenvalue weighted by molar-refractivity contribution is 9.10. The fraction of sp³-hybridized carbons (Fsp3) is 0.125. The Morgan fingerprint density at radius 2 is 2.25 bits per heavy atom. The number of nitrogens with two attached hydrogens (primary N) is 1. The van der Waals surface area contributed by atoms with Gasteiger partial charge in [0.25, 0.3) is 5.91 Å². The molecule has 16 heavy (non-hydrogen) atoms. The maximum absolute atomic E-state index is 10.7. The maximum Gasteiger partial charge on any atom is 0.313 e. The molecule has 8 heteroatoms. The first-order valence-corrected chi connectivity index (χ1v) is 5.13. The number of hydrogen-bond acceptors (Lipinski definition) is 4. The summed E-state index contributed by atoms with van der Waals surface area (Å²) in [6.07, 6.45) is 0. The second kappa shape index (κ2) is 5.13. The Morgan fingerprint density at radius 1 is 1.62 bits per heavy atom. The number of benzene rings is 1. The summed E-state index contributed by atoms with van der Waals surface area (Å²) in [5.74, 6) is -0.802. The molecule has 86 valence electrons. The van der Waals surface area contributed by atoms with Crippen molar-refractivity contribution in [2.75, 3.05) is 6.61 Å². The molecule has 2 N–H and O–H groups in total. The molecule has 0 bridgehead atoms. The molecule has 0 radical (unpaired) electrons. The van der Waals surface area contributed by atoms with Crippen LogP contribution in [-0.4, -0.2) is 17.4 Å². The van der Waals surface area contributed by atoms with Crippen LogP contribution >= 0.6 is 27.5 Å². The van der Waals surface area contributed by atoms with Crippen molar-refractivity contribution in [2.45, 2.75) is 0 Å². The van der Waals surface area contributed by atoms with E-state index in [0.717, 1.165) is 6.07 Å². The van der Waals surface area contributed by atoms with Gasteiger partial charge in [-0.15, -0.1) is 0 Å². The summed E-state index contributed by atoms with van der Waals surface area (Å²) in [4.78, 5) is 20.6. The van der Waals surface area contributed by atoms with E-state index in [9.17, 15) is 14.9 Å². The summed E-state index contributed by atoms with van der Waals surface area (Å²) in [6, 6.07) is 2.55. The Morgan fingerprint density at radius 3 is 2.75 bits per heavy atom. The van der Waals surface area contributed by atoms with E-state index < -0.39 is 17.4 Å². The fourth-order valence-corrected chi connectivity index (χ4v) is 1.88. The molecule has 1 aromatic rings. The zero-order valence-corrected chi connectivity index (χ0v) is 10.1. The van der Waals surface area contributed by atoms with E-state index in [1.807, 2.05) is 0 Å². The van der Waals surface area contributed by atoms with Gasteiger partial charge in [-0.25, -0.2) is 0 Å². The molecule has 0 saturated carbocycles. The number of nitro groups is 1. The minimum Gasteiger partial charge on any atom is -0.476 e. The molecule has 0 fully saturated rings. The van der Waals surface area contributed by atoms with Gasteiger partial charge >= 0.3 is 5.69 Å². The third-order valence-corrected chi connectivity index (χ3v) is 2.35. The van der Waals surface area contributed by atoms with Gasteiger partial charge in [0.05, 0.1) is 9.40 Å². The molecule has 0 atom stereocenters. The SMILES string of the molecule is NC(=O)COc1c(Br)cc(Cl)cc1[N+](=O)[O-]. The van der Waals surface area contributed by atoms with Crippen LogP contribution in [0.5, 0.6) is 5.75 Å². The van der Waals surface area contributed by atoms with Crippen LogP contribution in [0.2, 0.25) is 5.02 Å². The molecule has 0 spiro atoms. The minimum absolute atomic E-state index is 0.0757. The molecule has 0 unspecified atom stereocenters. The van der Waals surface area contributed by atoms with Gasteiger partial charge in [-0.1, -0.05) is 11.6 Å². The van der Waals surface area contributed by atoms with E-state index in [4.69, 9.17) is 22.1 Å². The van der Waals surface area contributed by atoms with Crippen molar-refractivity contribution in [1.29, 1.82) is 0 Å². The molecule has 0 aliphatic heterocycles. The van der Waals surface area contributed by atoms with Crippen LogP contribution in [0.15, 0.2) is 16.6 Å². The number of primary amides is 1. The first-order chi connectivity index (χ1) is 7.41. The van der Waals surface area contributed by atoms with Gasteiger partial charge in [0, 0.05) is 11.1 Å². The molecule has 0 aliphatic rings. The van der Waals surface area contributed by atoms with Gasteiger partial charge in [-0.2, -0.15) is 0 Å². The molecule has 6 nitrogen and oxygen atoms in total. The lowest BCUT2D eigenvalue weighted by atomic mass is 10.3. The van der Waals surface area contributed by atoms with Crippen LogP contribution in [0, 0.1) is 10.1 Å². The van der Waals surface area contributed by atoms with Crippen molar-refractivity contribution >= 4 is 39.1 Å². The van der Waals surface area contributed by atoms with E-state index in [-0.39, 0.29) is 20.9 Å². The van der Waals surface area contributed by atoms with Crippen LogP contribution in [0.3, 0.4) is 0 Å². The molecule has 0 aliphatic carbocycles. The van der Waals surface area contributed by atoms with Crippen molar-refractivity contribution in [2.24, 2.45) is 5.73 Å². The smallest absolute Gasteiger partial charge is 0.313 e. The largest absolute Gasteiger partial charge is 0.476 e. The highest BCUT2D eigenvalue weighted by Gasteiger charge is 2.20. The van der Waals surface area contributed by atoms with Crippen LogP contribution in [0.1, 0.15) is 0 Å². The molecule has 1 aromatic carbocycles. The van der Waals surface area contributed by atoms with Gasteiger partial charge in [-0.3, -0.25) is 14.9 Å². The van der Waals surface area contributed by atoms with Crippen LogP contribution in [0.4, 0.5) is 5.69 Å². The third-order valence-electron chi connectivity index (χ3n) is 1.54. The van der Waals surface area contributed by atoms with Gasteiger partial charge < -0.3 is 10.5 Å². The zero-order valence-electron chi connectivity index (χ0n) is 7.78. The zero-order chi connectivity index (χ0) is 12.3. The Kier molecular flexibility index (Phi) is 4.08. The molecular formula is C8H6BrClN2O4. The number of carbonyl (C=O) groups is 1. The van der Waals surface area contributed by atoms with Crippen LogP contribution in [-0.2, 0) is 4.79 Å². The summed E-state index contributed by atoms with van der Waals surface area (Å²) in [6.45, 7) is -0.443. The van der Waals surface area contributed by atoms with Crippen molar-refractivity contribution in [1.82, 2.24) is 0 Å². The number of halogens is 2. The lowest BCUT2D eigenvalue weighted by Crippen LogP contribution is -2.20. The summed E-state index contributed by atoms with van der Waals surface area (Å²) >= 11 is 8.70. The van der Waals surface area contributed by atoms with Crippen LogP contribution in [0.25, 0.3) is 0 Å². The lowest BCUT2D eigenvalue weighted by molar-refractivity contribution is -0.385. The number of hydrogen-bond donors (Lipinski definition) is 1. The topological polar surface area (TPSA) is 95.5 Å². The Bertz CT molecular complexity index is 452. The van der Waals surface area contributed by atoms with Crippen molar-refractivity contribution in [3.63, 3.8) is 0 Å². The number of carbonyl (C=O) groups excluding carboxylic acids is 1. The highest BCUT2D eigenvalue weighted by Crippen LogP contribution is 2.37. The monoisotopic (exact) mass is 308 g/mol. The molecule has 0 aromatic heterocycles. The summed E-state index contributed by atoms with van der Waals surface area (Å²) in [7, 11) is 0. The van der Waals surface area contributed by atoms with Crippen molar-refractivity contribution < 1.29 is 14.5 Å². The summed E-state index contributed by atoms with van der Waals surface area (Å²) in [5, 5.41) is 10.9. The van der Waals surface area contributed by atoms with Crippen molar-refractivity contribution in [3.05, 3.63) is 31.7 Å². The van der Waals surface area contributed by atoms with Crippen molar-refractivity contribution in [3.8, 4) is 5.75 Å². The predicted octanol–water partition coefficient (Wildman–Crippen LogP) is 1.87. The standard InChI is InChI=1S/C8H6BrClN2O4/c9-5-1-4(10)2-6(12(14)15)8(5)16-3-7(11)13/h1-2H,3H2,(H2,11,13). The number of rotatable bonds is 4. The first kappa shape index (κ1) is 12.7. The number of nitrogens with zero attached hydrogens (tertiary/aromatic N) is 1. The summed E-state index contributed by atoms with van der Waals surface area (Å²) < 4.78 is 5.21. The van der Waals surface area contributed by atoms with Crippen LogP contribution < -0.4 is 10.5 Å². The fourth-order valence-electron chi connectivity index (χ4n) is 0.969. The molecular weight excluding hydrogens is 303 g/mol. The molecule has 1 amide bonds. The molecule has 0 saturated heterocycles. The maximum atomic E-state index is 10.7. The number of amides is 1. The van der Waals surface area contributed by atoms with Gasteiger partial charge in [0.2, 0.25) is 5.75 Å². The Balaban J connectivity index is 3.14. The van der Waals surface area contributed by atoms with E-state index in [1.165, 1.54) is 6.07 Å². The Hall–Kier alpha value is -1.34. The second-order valence-corrected chi connectivity index (χ2v) is 4.04. The molecule has 0 heterocycles. The van der Waals surface area contributed by atoms with Gasteiger partial charge in [0.15, 0.2) is 6.61 Å². The first-order valence-electron chi connectivity index (χ1n) is 3.96. The third kappa shape index (κ3) is 3.07. The van der Waals surface area contributed by atoms with E-state index in [2.05, 4.69) is 15.9 Å². The average molecular weight is 310 g/mol. The Labute approximate surface area is 104 Å². The predicted molar refractivity (Wildman–Crippen MR) is 60.5 cm³/mol. The van der Waals surface area contributed by atoms with Gasteiger partial charge in [-0.05, 0) is 22.0 Å². The van der Waals surface area contributed by atoms with Gasteiger partial charge in [0.1, 0.15) is 0 Å². The molecule has 1 rings (SSSR count). The van der Waals surface area contributed by atoms with E-state index >= 15 is 0 Å². The average Bonchev–Trinajstić information content (AvgIpc) is 2.14. The van der Waals surface area contributed by atoms with E-state index in [0.29, 0.717) is 0 Å². The second-order valence-electron chi connectivity index (χ2n) is 2.75. The lowest BCUT2D eigenvalue weighted by Gasteiger charge is -2.07. The number of ether oxygens (including phenoxy) is 1. The minimum atomic E-state index is -0.726. The summed E-state index contributed by atoms with van der Waals surface area (Å²) in [5.41, 5.74) is 4.54. The normalized spacial score (nSPS) is 9.88. The number of nitro benzene ring substituents is 1. The quantitative estimate of drug-likeness (QED) is 0.678.